The lowest BCUT2D eigenvalue weighted by Gasteiger charge is -2.25. The monoisotopic (exact) mass is 440 g/mol. The molecule has 2 aromatic rings. The van der Waals surface area contributed by atoms with E-state index in [-0.39, 0.29) is 0 Å². The zero-order valence-corrected chi connectivity index (χ0v) is 18.9. The molecular formula is C25H33BrN2. The summed E-state index contributed by atoms with van der Waals surface area (Å²) >= 11 is 3.76. The van der Waals surface area contributed by atoms with Crippen molar-refractivity contribution in [2.24, 2.45) is 0 Å². The predicted octanol–water partition coefficient (Wildman–Crippen LogP) is 6.70. The van der Waals surface area contributed by atoms with Crippen LogP contribution in [0.15, 0.2) is 54.6 Å². The first-order valence-corrected chi connectivity index (χ1v) is 11.3. The highest BCUT2D eigenvalue weighted by Gasteiger charge is 2.20. The van der Waals surface area contributed by atoms with Crippen LogP contribution in [0.1, 0.15) is 61.6 Å². The van der Waals surface area contributed by atoms with Crippen molar-refractivity contribution in [3.63, 3.8) is 0 Å². The number of rotatable bonds is 7. The van der Waals surface area contributed by atoms with Gasteiger partial charge in [-0.2, -0.15) is 5.26 Å². The second kappa shape index (κ2) is 12.8. The third-order valence-electron chi connectivity index (χ3n) is 5.41. The van der Waals surface area contributed by atoms with Gasteiger partial charge in [0.15, 0.2) is 0 Å². The second-order valence-corrected chi connectivity index (χ2v) is 9.04. The standard InChI is InChI=1S/C23H30BrN.C2H3N/c1-25(18-20-6-3-2-4-7-20)17-5-8-19-9-11-21(12-10-19)22-13-15-23(24)16-14-22;1-2-3/h2-4,6-7,9-12,22-23H,5,8,13-18H2,1H3;1H3. The first kappa shape index (κ1) is 22.7. The molecule has 3 heteroatoms. The summed E-state index contributed by atoms with van der Waals surface area (Å²) < 4.78 is 0. The minimum Gasteiger partial charge on any atom is -0.302 e. The number of alkyl halides is 1. The van der Waals surface area contributed by atoms with Crippen LogP contribution in [-0.2, 0) is 13.0 Å². The van der Waals surface area contributed by atoms with Gasteiger partial charge >= 0.3 is 0 Å². The molecule has 1 saturated carbocycles. The summed E-state index contributed by atoms with van der Waals surface area (Å²) in [5.74, 6) is 0.778. The molecule has 0 bridgehead atoms. The Morgan fingerprint density at radius 1 is 0.964 bits per heavy atom. The normalized spacial score (nSPS) is 18.8. The van der Waals surface area contributed by atoms with Crippen LogP contribution in [0.25, 0.3) is 0 Å². The number of nitriles is 1. The van der Waals surface area contributed by atoms with Gasteiger partial charge in [-0.05, 0) is 74.7 Å². The molecule has 28 heavy (non-hydrogen) atoms. The van der Waals surface area contributed by atoms with Crippen LogP contribution in [0.2, 0.25) is 0 Å². The van der Waals surface area contributed by atoms with Gasteiger partial charge in [0.2, 0.25) is 0 Å². The Balaban J connectivity index is 0.000000878. The maximum atomic E-state index is 7.32. The van der Waals surface area contributed by atoms with Crippen molar-refractivity contribution in [3.8, 4) is 6.07 Å². The van der Waals surface area contributed by atoms with Crippen LogP contribution < -0.4 is 0 Å². The van der Waals surface area contributed by atoms with E-state index in [1.807, 2.05) is 0 Å². The SMILES string of the molecule is CC#N.CN(CCCc1ccc(C2CCC(Br)CC2)cc1)Cc1ccccc1. The molecule has 0 atom stereocenters. The topological polar surface area (TPSA) is 27.0 Å². The Morgan fingerprint density at radius 3 is 2.18 bits per heavy atom. The first-order valence-electron chi connectivity index (χ1n) is 10.4. The fourth-order valence-electron chi connectivity index (χ4n) is 3.87. The molecule has 2 nitrogen and oxygen atoms in total. The van der Waals surface area contributed by atoms with Gasteiger partial charge < -0.3 is 4.90 Å². The smallest absolute Gasteiger partial charge is 0.0587 e. The molecule has 150 valence electrons. The summed E-state index contributed by atoms with van der Waals surface area (Å²) in [6.07, 6.45) is 7.70. The van der Waals surface area contributed by atoms with Gasteiger partial charge in [0, 0.05) is 18.3 Å². The summed E-state index contributed by atoms with van der Waals surface area (Å²) in [5, 5.41) is 7.32. The molecule has 0 amide bonds. The molecule has 1 aliphatic carbocycles. The summed E-state index contributed by atoms with van der Waals surface area (Å²) in [6, 6.07) is 21.9. The first-order chi connectivity index (χ1) is 13.6. The fourth-order valence-corrected chi connectivity index (χ4v) is 4.40. The van der Waals surface area contributed by atoms with Crippen molar-refractivity contribution in [1.82, 2.24) is 4.90 Å². The molecule has 0 unspecified atom stereocenters. The van der Waals surface area contributed by atoms with Gasteiger partial charge in [-0.15, -0.1) is 0 Å². The number of hydrogen-bond acceptors (Lipinski definition) is 2. The molecular weight excluding hydrogens is 408 g/mol. The lowest BCUT2D eigenvalue weighted by Crippen LogP contribution is -2.19. The molecule has 0 aromatic heterocycles. The highest BCUT2D eigenvalue weighted by molar-refractivity contribution is 9.09. The van der Waals surface area contributed by atoms with Crippen molar-refractivity contribution < 1.29 is 0 Å². The molecule has 0 N–H and O–H groups in total. The molecule has 3 rings (SSSR count). The zero-order valence-electron chi connectivity index (χ0n) is 17.3. The average molecular weight is 441 g/mol. The van der Waals surface area contributed by atoms with E-state index in [9.17, 15) is 0 Å². The van der Waals surface area contributed by atoms with Crippen LogP contribution in [0.3, 0.4) is 0 Å². The van der Waals surface area contributed by atoms with Crippen LogP contribution in [0.4, 0.5) is 0 Å². The van der Waals surface area contributed by atoms with Gasteiger partial charge in [-0.3, -0.25) is 0 Å². The number of aryl methyl sites for hydroxylation is 1. The molecule has 0 saturated heterocycles. The Hall–Kier alpha value is -1.63. The predicted molar refractivity (Wildman–Crippen MR) is 123 cm³/mol. The largest absolute Gasteiger partial charge is 0.302 e. The number of halogens is 1. The van der Waals surface area contributed by atoms with Gasteiger partial charge in [0.1, 0.15) is 0 Å². The Morgan fingerprint density at radius 2 is 1.57 bits per heavy atom. The van der Waals surface area contributed by atoms with E-state index in [1.165, 1.54) is 56.6 Å². The van der Waals surface area contributed by atoms with Crippen LogP contribution >= 0.6 is 15.9 Å². The van der Waals surface area contributed by atoms with Gasteiger partial charge in [0.05, 0.1) is 6.07 Å². The van der Waals surface area contributed by atoms with E-state index in [2.05, 4.69) is 82.5 Å². The summed E-state index contributed by atoms with van der Waals surface area (Å²) in [4.78, 5) is 3.17. The number of benzene rings is 2. The lowest BCUT2D eigenvalue weighted by atomic mass is 9.84. The van der Waals surface area contributed by atoms with E-state index in [1.54, 1.807) is 11.6 Å². The Kier molecular flexibility index (Phi) is 10.3. The lowest BCUT2D eigenvalue weighted by molar-refractivity contribution is 0.322. The van der Waals surface area contributed by atoms with E-state index < -0.39 is 0 Å². The van der Waals surface area contributed by atoms with Crippen molar-refractivity contribution in [3.05, 3.63) is 71.3 Å². The van der Waals surface area contributed by atoms with Crippen molar-refractivity contribution in [2.45, 2.75) is 62.7 Å². The maximum absolute atomic E-state index is 7.32. The number of nitrogens with zero attached hydrogens (tertiary/aromatic N) is 2. The minimum atomic E-state index is 0.746. The quantitative estimate of drug-likeness (QED) is 0.447. The molecule has 0 spiro atoms. The third-order valence-corrected chi connectivity index (χ3v) is 6.32. The van der Waals surface area contributed by atoms with Crippen LogP contribution in [0.5, 0.6) is 0 Å². The van der Waals surface area contributed by atoms with E-state index in [0.717, 1.165) is 23.8 Å². The molecule has 0 heterocycles. The molecule has 1 fully saturated rings. The Labute approximate surface area is 179 Å². The van der Waals surface area contributed by atoms with E-state index in [0.29, 0.717) is 0 Å². The molecule has 0 radical (unpaired) electrons. The van der Waals surface area contributed by atoms with E-state index >= 15 is 0 Å². The zero-order chi connectivity index (χ0) is 20.2. The highest BCUT2D eigenvalue weighted by atomic mass is 79.9. The van der Waals surface area contributed by atoms with Crippen LogP contribution in [-0.4, -0.2) is 23.3 Å². The summed E-state index contributed by atoms with van der Waals surface area (Å²) in [7, 11) is 2.22. The average Bonchev–Trinajstić information content (AvgIpc) is 2.71. The highest BCUT2D eigenvalue weighted by Crippen LogP contribution is 2.35. The van der Waals surface area contributed by atoms with Crippen molar-refractivity contribution in [1.29, 1.82) is 5.26 Å². The maximum Gasteiger partial charge on any atom is 0.0587 e. The van der Waals surface area contributed by atoms with E-state index in [4.69, 9.17) is 5.26 Å². The Bertz CT molecular complexity index is 698. The molecule has 0 aliphatic heterocycles. The van der Waals surface area contributed by atoms with Gasteiger partial charge in [0.25, 0.3) is 0 Å². The number of hydrogen-bond donors (Lipinski definition) is 0. The van der Waals surface area contributed by atoms with Crippen molar-refractivity contribution >= 4 is 15.9 Å². The summed E-state index contributed by atoms with van der Waals surface area (Å²) in [5.41, 5.74) is 4.42. The van der Waals surface area contributed by atoms with Gasteiger partial charge in [-0.25, -0.2) is 0 Å². The van der Waals surface area contributed by atoms with Crippen molar-refractivity contribution in [2.75, 3.05) is 13.6 Å². The fraction of sp³-hybridized carbons (Fsp3) is 0.480. The molecule has 1 aliphatic rings. The minimum absolute atomic E-state index is 0.746. The molecule has 2 aromatic carbocycles. The third kappa shape index (κ3) is 8.17. The summed E-state index contributed by atoms with van der Waals surface area (Å²) in [6.45, 7) is 3.61. The van der Waals surface area contributed by atoms with Crippen LogP contribution in [0, 0.1) is 11.3 Å². The second-order valence-electron chi connectivity index (χ2n) is 7.74. The van der Waals surface area contributed by atoms with Gasteiger partial charge in [-0.1, -0.05) is 70.5 Å².